The monoisotopic (exact) mass is 416 g/mol. The van der Waals surface area contributed by atoms with Crippen LogP contribution in [0.2, 0.25) is 0 Å². The molecule has 0 aliphatic carbocycles. The molecular formula is C19H17BrN2O4. The van der Waals surface area contributed by atoms with E-state index in [0.717, 1.165) is 15.6 Å². The van der Waals surface area contributed by atoms with Gasteiger partial charge in [0, 0.05) is 17.4 Å². The van der Waals surface area contributed by atoms with Gasteiger partial charge in [-0.1, -0.05) is 46.3 Å². The van der Waals surface area contributed by atoms with E-state index < -0.39 is 23.9 Å². The summed E-state index contributed by atoms with van der Waals surface area (Å²) in [5.41, 5.74) is 7.35. The van der Waals surface area contributed by atoms with Gasteiger partial charge in [-0.3, -0.25) is 9.59 Å². The van der Waals surface area contributed by atoms with Gasteiger partial charge in [-0.05, 0) is 29.3 Å². The van der Waals surface area contributed by atoms with E-state index in [9.17, 15) is 14.4 Å². The van der Waals surface area contributed by atoms with Crippen molar-refractivity contribution < 1.29 is 19.1 Å². The molecule has 1 aliphatic rings. The average Bonchev–Trinajstić information content (AvgIpc) is 2.62. The molecule has 0 saturated heterocycles. The summed E-state index contributed by atoms with van der Waals surface area (Å²) in [7, 11) is 0. The number of amides is 2. The van der Waals surface area contributed by atoms with Crippen LogP contribution < -0.4 is 5.73 Å². The zero-order chi connectivity index (χ0) is 18.7. The Morgan fingerprint density at radius 1 is 1.15 bits per heavy atom. The van der Waals surface area contributed by atoms with Gasteiger partial charge < -0.3 is 15.4 Å². The molecule has 2 N–H and O–H groups in total. The highest BCUT2D eigenvalue weighted by atomic mass is 79.9. The first kappa shape index (κ1) is 18.1. The van der Waals surface area contributed by atoms with E-state index in [1.165, 1.54) is 4.90 Å². The molecular weight excluding hydrogens is 400 g/mol. The third-order valence-electron chi connectivity index (χ3n) is 4.11. The number of carbonyl (C=O) groups excluding carboxylic acids is 3. The fourth-order valence-corrected chi connectivity index (χ4v) is 3.15. The molecule has 26 heavy (non-hydrogen) atoms. The molecule has 0 aromatic heterocycles. The van der Waals surface area contributed by atoms with Crippen LogP contribution in [0, 0.1) is 0 Å². The van der Waals surface area contributed by atoms with E-state index in [1.54, 1.807) is 18.2 Å². The Kier molecular flexibility index (Phi) is 5.37. The van der Waals surface area contributed by atoms with Gasteiger partial charge in [-0.25, -0.2) is 4.79 Å². The van der Waals surface area contributed by atoms with Crippen molar-refractivity contribution in [1.82, 2.24) is 4.90 Å². The molecule has 7 heteroatoms. The van der Waals surface area contributed by atoms with E-state index >= 15 is 0 Å². The summed E-state index contributed by atoms with van der Waals surface area (Å²) in [4.78, 5) is 37.8. The van der Waals surface area contributed by atoms with Crippen molar-refractivity contribution in [1.29, 1.82) is 0 Å². The summed E-state index contributed by atoms with van der Waals surface area (Å²) in [5.74, 6) is -1.60. The van der Waals surface area contributed by atoms with Crippen LogP contribution in [0.15, 0.2) is 53.0 Å². The Balaban J connectivity index is 1.80. The topological polar surface area (TPSA) is 89.7 Å². The molecule has 134 valence electrons. The van der Waals surface area contributed by atoms with Crippen molar-refractivity contribution in [3.05, 3.63) is 69.7 Å². The number of ether oxygens (including phenoxy) is 1. The number of primary amides is 1. The molecule has 1 atom stereocenters. The third kappa shape index (κ3) is 4.11. The first-order valence-corrected chi connectivity index (χ1v) is 8.84. The number of hydrogen-bond acceptors (Lipinski definition) is 4. The first-order valence-electron chi connectivity index (χ1n) is 8.04. The van der Waals surface area contributed by atoms with Crippen LogP contribution >= 0.6 is 15.9 Å². The number of halogens is 1. The Morgan fingerprint density at radius 2 is 1.85 bits per heavy atom. The Hall–Kier alpha value is -2.67. The Morgan fingerprint density at radius 3 is 2.54 bits per heavy atom. The van der Waals surface area contributed by atoms with Crippen molar-refractivity contribution in [3.63, 3.8) is 0 Å². The van der Waals surface area contributed by atoms with Crippen LogP contribution in [0.4, 0.5) is 0 Å². The van der Waals surface area contributed by atoms with Crippen molar-refractivity contribution in [2.24, 2.45) is 5.73 Å². The molecule has 3 rings (SSSR count). The van der Waals surface area contributed by atoms with Crippen molar-refractivity contribution >= 4 is 33.7 Å². The largest absolute Gasteiger partial charge is 0.448 e. The van der Waals surface area contributed by atoms with Gasteiger partial charge in [0.2, 0.25) is 5.91 Å². The third-order valence-corrected chi connectivity index (χ3v) is 4.64. The van der Waals surface area contributed by atoms with Crippen LogP contribution in [-0.4, -0.2) is 35.3 Å². The fraction of sp³-hybridized carbons (Fsp3) is 0.211. The maximum absolute atomic E-state index is 12.9. The number of hydrogen-bond donors (Lipinski definition) is 1. The predicted octanol–water partition coefficient (Wildman–Crippen LogP) is 2.04. The van der Waals surface area contributed by atoms with E-state index in [1.807, 2.05) is 30.3 Å². The van der Waals surface area contributed by atoms with Crippen LogP contribution in [0.1, 0.15) is 21.5 Å². The molecule has 6 nitrogen and oxygen atoms in total. The van der Waals surface area contributed by atoms with E-state index in [2.05, 4.69) is 15.9 Å². The molecule has 0 bridgehead atoms. The fourth-order valence-electron chi connectivity index (χ4n) is 2.88. The maximum Gasteiger partial charge on any atom is 0.339 e. The van der Waals surface area contributed by atoms with Crippen LogP contribution in [0.3, 0.4) is 0 Å². The second-order valence-electron chi connectivity index (χ2n) is 6.04. The number of esters is 1. The molecule has 0 spiro atoms. The molecule has 2 aromatic carbocycles. The van der Waals surface area contributed by atoms with Gasteiger partial charge in [-0.2, -0.15) is 0 Å². The number of cyclic esters (lactones) is 1. The molecule has 1 heterocycles. The van der Waals surface area contributed by atoms with Gasteiger partial charge in [0.15, 0.2) is 6.10 Å². The molecule has 1 unspecified atom stereocenters. The summed E-state index contributed by atoms with van der Waals surface area (Å²) < 4.78 is 6.21. The van der Waals surface area contributed by atoms with E-state index in [-0.39, 0.29) is 19.5 Å². The maximum atomic E-state index is 12.9. The van der Waals surface area contributed by atoms with Gasteiger partial charge in [0.1, 0.15) is 0 Å². The minimum atomic E-state index is -0.966. The van der Waals surface area contributed by atoms with Crippen LogP contribution in [-0.2, 0) is 27.3 Å². The zero-order valence-electron chi connectivity index (χ0n) is 13.9. The number of benzene rings is 2. The molecule has 0 saturated carbocycles. The summed E-state index contributed by atoms with van der Waals surface area (Å²) in [5, 5.41) is 0. The first-order chi connectivity index (χ1) is 12.4. The SMILES string of the molecule is NC(=O)CN(Cc1ccc(Br)cc1)C(=O)C1Cc2ccccc2C(=O)O1. The standard InChI is InChI=1S/C19H17BrN2O4/c20-14-7-5-12(6-8-14)10-22(11-17(21)23)18(24)16-9-13-3-1-2-4-15(13)19(25)26-16/h1-8,16H,9-11H2,(H2,21,23). The van der Waals surface area contributed by atoms with Crippen LogP contribution in [0.25, 0.3) is 0 Å². The lowest BCUT2D eigenvalue weighted by Gasteiger charge is -2.29. The van der Waals surface area contributed by atoms with E-state index in [0.29, 0.717) is 5.56 Å². The quantitative estimate of drug-likeness (QED) is 0.755. The summed E-state index contributed by atoms with van der Waals surface area (Å²) in [6.07, 6.45) is -0.691. The molecule has 0 radical (unpaired) electrons. The minimum absolute atomic E-state index is 0.199. The highest BCUT2D eigenvalue weighted by molar-refractivity contribution is 9.10. The van der Waals surface area contributed by atoms with Gasteiger partial charge in [-0.15, -0.1) is 0 Å². The zero-order valence-corrected chi connectivity index (χ0v) is 15.4. The lowest BCUT2D eigenvalue weighted by Crippen LogP contribution is -2.47. The second-order valence-corrected chi connectivity index (χ2v) is 6.96. The predicted molar refractivity (Wildman–Crippen MR) is 98.1 cm³/mol. The molecule has 1 aliphatic heterocycles. The number of rotatable bonds is 5. The normalized spacial score (nSPS) is 15.7. The number of nitrogens with zero attached hydrogens (tertiary/aromatic N) is 1. The van der Waals surface area contributed by atoms with Crippen molar-refractivity contribution in [2.75, 3.05) is 6.54 Å². The van der Waals surface area contributed by atoms with Gasteiger partial charge >= 0.3 is 5.97 Å². The Labute approximate surface area is 159 Å². The highest BCUT2D eigenvalue weighted by Gasteiger charge is 2.34. The molecule has 2 aromatic rings. The molecule has 0 fully saturated rings. The number of nitrogens with two attached hydrogens (primary N) is 1. The summed E-state index contributed by atoms with van der Waals surface area (Å²) >= 11 is 3.35. The second kappa shape index (κ2) is 7.70. The lowest BCUT2D eigenvalue weighted by molar-refractivity contribution is -0.144. The lowest BCUT2D eigenvalue weighted by atomic mass is 9.98. The van der Waals surface area contributed by atoms with Crippen LogP contribution in [0.5, 0.6) is 0 Å². The number of carbonyl (C=O) groups is 3. The summed E-state index contributed by atoms with van der Waals surface area (Å²) in [6, 6.07) is 14.4. The Bertz CT molecular complexity index is 851. The summed E-state index contributed by atoms with van der Waals surface area (Å²) in [6.45, 7) is -0.0463. The smallest absolute Gasteiger partial charge is 0.339 e. The van der Waals surface area contributed by atoms with Crippen molar-refractivity contribution in [2.45, 2.75) is 19.1 Å². The van der Waals surface area contributed by atoms with E-state index in [4.69, 9.17) is 10.5 Å². The number of fused-ring (bicyclic) bond motifs is 1. The molecule has 2 amide bonds. The highest BCUT2D eigenvalue weighted by Crippen LogP contribution is 2.22. The van der Waals surface area contributed by atoms with Gasteiger partial charge in [0.05, 0.1) is 12.1 Å². The average molecular weight is 417 g/mol. The minimum Gasteiger partial charge on any atom is -0.448 e. The van der Waals surface area contributed by atoms with Gasteiger partial charge in [0.25, 0.3) is 5.91 Å². The van der Waals surface area contributed by atoms with Crippen molar-refractivity contribution in [3.8, 4) is 0 Å².